The summed E-state index contributed by atoms with van der Waals surface area (Å²) in [5.74, 6) is -0.485. The van der Waals surface area contributed by atoms with Gasteiger partial charge in [-0.3, -0.25) is 5.32 Å². The number of esters is 1. The number of hydrogen-bond acceptors (Lipinski definition) is 3. The number of rotatable bonds is 4. The molecule has 1 aliphatic rings. The summed E-state index contributed by atoms with van der Waals surface area (Å²) in [6, 6.07) is 4.11. The number of carbonyl (C=O) groups excluding carboxylic acids is 1. The van der Waals surface area contributed by atoms with Crippen molar-refractivity contribution in [2.24, 2.45) is 0 Å². The van der Waals surface area contributed by atoms with Crippen molar-refractivity contribution in [3.8, 4) is 0 Å². The van der Waals surface area contributed by atoms with Crippen LogP contribution in [-0.2, 0) is 15.7 Å². The smallest absolute Gasteiger partial charge is 0.416 e. The highest BCUT2D eigenvalue weighted by Crippen LogP contribution is 2.30. The highest BCUT2D eigenvalue weighted by Gasteiger charge is 2.31. The van der Waals surface area contributed by atoms with Gasteiger partial charge in [0.1, 0.15) is 6.04 Å². The Morgan fingerprint density at radius 1 is 1.24 bits per heavy atom. The third-order valence-electron chi connectivity index (χ3n) is 3.77. The van der Waals surface area contributed by atoms with Crippen molar-refractivity contribution in [2.75, 3.05) is 7.11 Å². The fraction of sp³-hybridized carbons (Fsp3) is 0.533. The Hall–Kier alpha value is -1.56. The maximum Gasteiger partial charge on any atom is 0.416 e. The van der Waals surface area contributed by atoms with E-state index in [4.69, 9.17) is 4.74 Å². The van der Waals surface area contributed by atoms with Crippen LogP contribution < -0.4 is 5.32 Å². The highest BCUT2D eigenvalue weighted by atomic mass is 19.4. The summed E-state index contributed by atoms with van der Waals surface area (Å²) in [6.07, 6.45) is -0.252. The van der Waals surface area contributed by atoms with Crippen molar-refractivity contribution < 1.29 is 22.7 Å². The van der Waals surface area contributed by atoms with Gasteiger partial charge in [-0.25, -0.2) is 4.79 Å². The van der Waals surface area contributed by atoms with Crippen LogP contribution in [0.1, 0.15) is 42.9 Å². The van der Waals surface area contributed by atoms with Gasteiger partial charge in [-0.1, -0.05) is 25.0 Å². The van der Waals surface area contributed by atoms with Gasteiger partial charge in [-0.2, -0.15) is 13.2 Å². The first-order chi connectivity index (χ1) is 9.91. The molecular formula is C15H18F3NO2. The SMILES string of the molecule is COC(=O)C(NC1CCCC1)c1ccc(C(F)(F)F)cc1. The van der Waals surface area contributed by atoms with Crippen LogP contribution in [0.3, 0.4) is 0 Å². The van der Waals surface area contributed by atoms with Crippen LogP contribution in [-0.4, -0.2) is 19.1 Å². The largest absolute Gasteiger partial charge is 0.468 e. The molecule has 21 heavy (non-hydrogen) atoms. The van der Waals surface area contributed by atoms with Crippen molar-refractivity contribution in [2.45, 2.75) is 43.9 Å². The number of nitrogens with one attached hydrogen (secondary N) is 1. The molecule has 1 aromatic rings. The molecule has 1 saturated carbocycles. The summed E-state index contributed by atoms with van der Waals surface area (Å²) in [7, 11) is 1.27. The van der Waals surface area contributed by atoms with E-state index in [0.29, 0.717) is 5.56 Å². The van der Waals surface area contributed by atoms with Gasteiger partial charge in [0.2, 0.25) is 0 Å². The number of ether oxygens (including phenoxy) is 1. The number of carbonyl (C=O) groups is 1. The molecule has 1 atom stereocenters. The second-order valence-corrected chi connectivity index (χ2v) is 5.22. The van der Waals surface area contributed by atoms with Crippen LogP contribution >= 0.6 is 0 Å². The average molecular weight is 301 g/mol. The van der Waals surface area contributed by atoms with Crippen LogP contribution in [0.5, 0.6) is 0 Å². The van der Waals surface area contributed by atoms with Crippen LogP contribution in [0.15, 0.2) is 24.3 Å². The molecule has 0 aromatic heterocycles. The summed E-state index contributed by atoms with van der Waals surface area (Å²) in [5, 5.41) is 3.19. The maximum absolute atomic E-state index is 12.6. The first kappa shape index (κ1) is 15.8. The van der Waals surface area contributed by atoms with Crippen molar-refractivity contribution in [3.63, 3.8) is 0 Å². The van der Waals surface area contributed by atoms with Crippen molar-refractivity contribution in [1.29, 1.82) is 0 Å². The van der Waals surface area contributed by atoms with Gasteiger partial charge < -0.3 is 4.74 Å². The van der Waals surface area contributed by atoms with Crippen molar-refractivity contribution in [1.82, 2.24) is 5.32 Å². The van der Waals surface area contributed by atoms with Crippen molar-refractivity contribution >= 4 is 5.97 Å². The molecule has 0 amide bonds. The van der Waals surface area contributed by atoms with Gasteiger partial charge in [0, 0.05) is 6.04 Å². The molecule has 1 fully saturated rings. The van der Waals surface area contributed by atoms with Crippen LogP contribution in [0.2, 0.25) is 0 Å². The normalized spacial score (nSPS) is 17.7. The van der Waals surface area contributed by atoms with E-state index in [1.165, 1.54) is 19.2 Å². The van der Waals surface area contributed by atoms with Gasteiger partial charge in [-0.15, -0.1) is 0 Å². The molecule has 0 radical (unpaired) electrons. The average Bonchev–Trinajstić information content (AvgIpc) is 2.96. The zero-order chi connectivity index (χ0) is 15.5. The summed E-state index contributed by atoms with van der Waals surface area (Å²) in [6.45, 7) is 0. The van der Waals surface area contributed by atoms with E-state index in [9.17, 15) is 18.0 Å². The molecule has 1 aliphatic carbocycles. The number of hydrogen-bond donors (Lipinski definition) is 1. The van der Waals surface area contributed by atoms with Crippen LogP contribution in [0.4, 0.5) is 13.2 Å². The molecule has 116 valence electrons. The molecule has 1 aromatic carbocycles. The van der Waals surface area contributed by atoms with Crippen molar-refractivity contribution in [3.05, 3.63) is 35.4 Å². The quantitative estimate of drug-likeness (QED) is 0.866. The Kier molecular flexibility index (Phi) is 4.88. The van der Waals surface area contributed by atoms with E-state index in [1.54, 1.807) is 0 Å². The lowest BCUT2D eigenvalue weighted by Gasteiger charge is -2.21. The summed E-state index contributed by atoms with van der Waals surface area (Å²) in [4.78, 5) is 11.9. The Bertz CT molecular complexity index is 479. The molecule has 0 aliphatic heterocycles. The van der Waals surface area contributed by atoms with Gasteiger partial charge in [0.25, 0.3) is 0 Å². The third kappa shape index (κ3) is 3.97. The lowest BCUT2D eigenvalue weighted by molar-refractivity contribution is -0.143. The predicted octanol–water partition coefficient (Wildman–Crippen LogP) is 3.45. The fourth-order valence-corrected chi connectivity index (χ4v) is 2.61. The van der Waals surface area contributed by atoms with Gasteiger partial charge >= 0.3 is 12.1 Å². The molecule has 3 nitrogen and oxygen atoms in total. The Balaban J connectivity index is 2.17. The minimum absolute atomic E-state index is 0.205. The molecule has 2 rings (SSSR count). The lowest BCUT2D eigenvalue weighted by Crippen LogP contribution is -2.36. The Morgan fingerprint density at radius 3 is 2.29 bits per heavy atom. The Morgan fingerprint density at radius 2 is 1.81 bits per heavy atom. The molecule has 1 N–H and O–H groups in total. The molecule has 6 heteroatoms. The summed E-state index contributed by atoms with van der Waals surface area (Å²) < 4.78 is 42.4. The van der Waals surface area contributed by atoms with Crippen LogP contribution in [0, 0.1) is 0 Å². The maximum atomic E-state index is 12.6. The minimum Gasteiger partial charge on any atom is -0.468 e. The van der Waals surface area contributed by atoms with Gasteiger partial charge in [0.15, 0.2) is 0 Å². The lowest BCUT2D eigenvalue weighted by atomic mass is 10.0. The molecule has 0 spiro atoms. The third-order valence-corrected chi connectivity index (χ3v) is 3.77. The van der Waals surface area contributed by atoms with Gasteiger partial charge in [-0.05, 0) is 30.5 Å². The van der Waals surface area contributed by atoms with E-state index < -0.39 is 23.8 Å². The molecule has 0 heterocycles. The first-order valence-electron chi connectivity index (χ1n) is 6.93. The topological polar surface area (TPSA) is 38.3 Å². The van der Waals surface area contributed by atoms with Gasteiger partial charge in [0.05, 0.1) is 12.7 Å². The minimum atomic E-state index is -4.38. The predicted molar refractivity (Wildman–Crippen MR) is 71.6 cm³/mol. The molecular weight excluding hydrogens is 283 g/mol. The number of alkyl halides is 3. The van der Waals surface area contributed by atoms with E-state index in [0.717, 1.165) is 37.8 Å². The number of halogens is 3. The van der Waals surface area contributed by atoms with E-state index in [2.05, 4.69) is 5.32 Å². The second kappa shape index (κ2) is 6.47. The number of benzene rings is 1. The Labute approximate surface area is 121 Å². The highest BCUT2D eigenvalue weighted by molar-refractivity contribution is 5.77. The summed E-state index contributed by atoms with van der Waals surface area (Å²) in [5.41, 5.74) is -0.238. The zero-order valence-electron chi connectivity index (χ0n) is 11.7. The van der Waals surface area contributed by atoms with Crippen LogP contribution in [0.25, 0.3) is 0 Å². The second-order valence-electron chi connectivity index (χ2n) is 5.22. The molecule has 0 saturated heterocycles. The monoisotopic (exact) mass is 301 g/mol. The standard InChI is InChI=1S/C15H18F3NO2/c1-21-14(20)13(19-12-4-2-3-5-12)10-6-8-11(9-7-10)15(16,17)18/h6-9,12-13,19H,2-5H2,1H3. The zero-order valence-corrected chi connectivity index (χ0v) is 11.7. The van der Waals surface area contributed by atoms with E-state index in [1.807, 2.05) is 0 Å². The first-order valence-corrected chi connectivity index (χ1v) is 6.93. The fourth-order valence-electron chi connectivity index (χ4n) is 2.61. The molecule has 1 unspecified atom stereocenters. The molecule has 0 bridgehead atoms. The van der Waals surface area contributed by atoms with E-state index >= 15 is 0 Å². The van der Waals surface area contributed by atoms with E-state index in [-0.39, 0.29) is 6.04 Å². The summed E-state index contributed by atoms with van der Waals surface area (Å²) >= 11 is 0. The number of methoxy groups -OCH3 is 1.